The number of ether oxygens (including phenoxy) is 2. The molecule has 5 nitrogen and oxygen atoms in total. The van der Waals surface area contributed by atoms with Crippen molar-refractivity contribution in [3.8, 4) is 11.5 Å². The summed E-state index contributed by atoms with van der Waals surface area (Å²) in [4.78, 5) is 14.4. The Morgan fingerprint density at radius 1 is 1.21 bits per heavy atom. The van der Waals surface area contributed by atoms with Crippen molar-refractivity contribution < 1.29 is 9.47 Å². The third-order valence-electron chi connectivity index (χ3n) is 5.51. The number of methoxy groups -OCH3 is 2. The van der Waals surface area contributed by atoms with Gasteiger partial charge in [-0.1, -0.05) is 6.92 Å². The van der Waals surface area contributed by atoms with E-state index in [0.29, 0.717) is 6.54 Å². The zero-order valence-electron chi connectivity index (χ0n) is 17.2. The van der Waals surface area contributed by atoms with Crippen molar-refractivity contribution in [3.63, 3.8) is 0 Å². The average Bonchev–Trinajstić information content (AvgIpc) is 3.04. The number of fused-ring (bicyclic) bond motifs is 3. The van der Waals surface area contributed by atoms with Crippen molar-refractivity contribution in [2.75, 3.05) is 26.2 Å². The second-order valence-electron chi connectivity index (χ2n) is 7.66. The SMILES string of the molecule is COc1ccc(CN(C)c2nc(C)nc3sc4c(c23)CC[C@H](C)C4)c(OC)c1. The first-order valence-electron chi connectivity index (χ1n) is 9.71. The van der Waals surface area contributed by atoms with E-state index in [9.17, 15) is 0 Å². The van der Waals surface area contributed by atoms with Crippen LogP contribution in [0, 0.1) is 12.8 Å². The number of aryl methyl sites for hydroxylation is 2. The lowest BCUT2D eigenvalue weighted by atomic mass is 9.89. The molecule has 0 amide bonds. The van der Waals surface area contributed by atoms with Crippen LogP contribution >= 0.6 is 11.3 Å². The molecule has 6 heteroatoms. The molecule has 1 aliphatic carbocycles. The van der Waals surface area contributed by atoms with E-state index in [1.807, 2.05) is 30.4 Å². The molecule has 0 N–H and O–H groups in total. The highest BCUT2D eigenvalue weighted by Crippen LogP contribution is 2.41. The fourth-order valence-corrected chi connectivity index (χ4v) is 5.44. The van der Waals surface area contributed by atoms with Crippen LogP contribution in [0.5, 0.6) is 11.5 Å². The lowest BCUT2D eigenvalue weighted by molar-refractivity contribution is 0.391. The van der Waals surface area contributed by atoms with Crippen molar-refractivity contribution in [2.45, 2.75) is 39.7 Å². The van der Waals surface area contributed by atoms with Gasteiger partial charge in [-0.2, -0.15) is 0 Å². The minimum absolute atomic E-state index is 0.708. The Hall–Kier alpha value is -2.34. The number of hydrogen-bond donors (Lipinski definition) is 0. The van der Waals surface area contributed by atoms with Crippen molar-refractivity contribution in [1.29, 1.82) is 0 Å². The molecule has 2 aromatic heterocycles. The summed E-state index contributed by atoms with van der Waals surface area (Å²) < 4.78 is 10.9. The number of rotatable bonds is 5. The molecule has 148 valence electrons. The summed E-state index contributed by atoms with van der Waals surface area (Å²) in [6, 6.07) is 5.96. The molecule has 1 atom stereocenters. The van der Waals surface area contributed by atoms with E-state index in [0.717, 1.165) is 52.3 Å². The minimum Gasteiger partial charge on any atom is -0.497 e. The van der Waals surface area contributed by atoms with Crippen molar-refractivity contribution in [2.24, 2.45) is 5.92 Å². The van der Waals surface area contributed by atoms with Crippen LogP contribution < -0.4 is 14.4 Å². The molecule has 0 radical (unpaired) electrons. The number of nitrogens with zero attached hydrogens (tertiary/aromatic N) is 3. The molecule has 0 saturated carbocycles. The topological polar surface area (TPSA) is 47.5 Å². The zero-order valence-corrected chi connectivity index (χ0v) is 18.0. The average molecular weight is 398 g/mol. The molecule has 0 unspecified atom stereocenters. The van der Waals surface area contributed by atoms with Gasteiger partial charge in [0, 0.05) is 30.1 Å². The fraction of sp³-hybridized carbons (Fsp3) is 0.455. The van der Waals surface area contributed by atoms with Crippen LogP contribution in [-0.2, 0) is 19.4 Å². The molecule has 2 heterocycles. The predicted octanol–water partition coefficient (Wildman–Crippen LogP) is 4.78. The van der Waals surface area contributed by atoms with Gasteiger partial charge in [0.1, 0.15) is 28.0 Å². The van der Waals surface area contributed by atoms with Gasteiger partial charge < -0.3 is 14.4 Å². The van der Waals surface area contributed by atoms with E-state index >= 15 is 0 Å². The molecular weight excluding hydrogens is 370 g/mol. The van der Waals surface area contributed by atoms with Gasteiger partial charge in [0.05, 0.1) is 19.6 Å². The molecule has 4 rings (SSSR count). The Bertz CT molecular complexity index is 1010. The molecular formula is C22H27N3O2S. The number of anilines is 1. The van der Waals surface area contributed by atoms with Gasteiger partial charge in [-0.3, -0.25) is 0 Å². The van der Waals surface area contributed by atoms with Crippen LogP contribution in [0.1, 0.15) is 35.2 Å². The first-order chi connectivity index (χ1) is 13.5. The maximum Gasteiger partial charge on any atom is 0.141 e. The maximum atomic E-state index is 5.59. The van der Waals surface area contributed by atoms with E-state index < -0.39 is 0 Å². The van der Waals surface area contributed by atoms with E-state index in [-0.39, 0.29) is 0 Å². The second-order valence-corrected chi connectivity index (χ2v) is 8.74. The van der Waals surface area contributed by atoms with E-state index in [4.69, 9.17) is 19.4 Å². The molecule has 0 aliphatic heterocycles. The Balaban J connectivity index is 1.74. The van der Waals surface area contributed by atoms with Crippen LogP contribution in [-0.4, -0.2) is 31.2 Å². The van der Waals surface area contributed by atoms with Gasteiger partial charge in [-0.25, -0.2) is 9.97 Å². The highest BCUT2D eigenvalue weighted by atomic mass is 32.1. The van der Waals surface area contributed by atoms with Gasteiger partial charge in [0.25, 0.3) is 0 Å². The molecule has 0 saturated heterocycles. The van der Waals surface area contributed by atoms with E-state index in [1.54, 1.807) is 14.2 Å². The third-order valence-corrected chi connectivity index (χ3v) is 6.66. The largest absolute Gasteiger partial charge is 0.497 e. The molecule has 0 fully saturated rings. The van der Waals surface area contributed by atoms with Crippen LogP contribution in [0.25, 0.3) is 10.2 Å². The predicted molar refractivity (Wildman–Crippen MR) is 115 cm³/mol. The van der Waals surface area contributed by atoms with Gasteiger partial charge in [0.15, 0.2) is 0 Å². The van der Waals surface area contributed by atoms with Crippen molar-refractivity contribution in [1.82, 2.24) is 9.97 Å². The van der Waals surface area contributed by atoms with Gasteiger partial charge in [-0.15, -0.1) is 11.3 Å². The van der Waals surface area contributed by atoms with E-state index in [2.05, 4.69) is 24.9 Å². The van der Waals surface area contributed by atoms with Crippen molar-refractivity contribution >= 4 is 27.4 Å². The first kappa shape index (κ1) is 19.0. The Morgan fingerprint density at radius 2 is 2.04 bits per heavy atom. The lowest BCUT2D eigenvalue weighted by Gasteiger charge is -2.23. The summed E-state index contributed by atoms with van der Waals surface area (Å²) in [5.74, 6) is 4.22. The van der Waals surface area contributed by atoms with Gasteiger partial charge in [-0.05, 0) is 49.8 Å². The summed E-state index contributed by atoms with van der Waals surface area (Å²) in [5.41, 5.74) is 2.56. The standard InChI is InChI=1S/C22H27N3O2S/c1-13-6-9-17-19(10-13)28-22-20(17)21(23-14(2)24-22)25(3)12-15-7-8-16(26-4)11-18(15)27-5/h7-8,11,13H,6,9-10,12H2,1-5H3/t13-/m0/s1. The zero-order chi connectivity index (χ0) is 19.8. The van der Waals surface area contributed by atoms with Crippen LogP contribution in [0.15, 0.2) is 18.2 Å². The van der Waals surface area contributed by atoms with Gasteiger partial charge >= 0.3 is 0 Å². The molecule has 0 spiro atoms. The van der Waals surface area contributed by atoms with Crippen LogP contribution in [0.2, 0.25) is 0 Å². The fourth-order valence-electron chi connectivity index (χ4n) is 4.02. The number of thiophene rings is 1. The summed E-state index contributed by atoms with van der Waals surface area (Å²) >= 11 is 1.85. The smallest absolute Gasteiger partial charge is 0.141 e. The summed E-state index contributed by atoms with van der Waals surface area (Å²) in [6.07, 6.45) is 3.52. The molecule has 28 heavy (non-hydrogen) atoms. The van der Waals surface area contributed by atoms with Crippen LogP contribution in [0.3, 0.4) is 0 Å². The number of benzene rings is 1. The maximum absolute atomic E-state index is 5.59. The normalized spacial score (nSPS) is 16.1. The number of aromatic nitrogens is 2. The van der Waals surface area contributed by atoms with Crippen molar-refractivity contribution in [3.05, 3.63) is 40.0 Å². The molecule has 1 aromatic carbocycles. The molecule has 3 aromatic rings. The molecule has 0 bridgehead atoms. The van der Waals surface area contributed by atoms with Gasteiger partial charge in [0.2, 0.25) is 0 Å². The highest BCUT2D eigenvalue weighted by molar-refractivity contribution is 7.19. The van der Waals surface area contributed by atoms with Crippen LogP contribution in [0.4, 0.5) is 5.82 Å². The summed E-state index contributed by atoms with van der Waals surface area (Å²) in [6.45, 7) is 5.03. The third kappa shape index (κ3) is 3.41. The Kier molecular flexibility index (Phi) is 5.15. The monoisotopic (exact) mass is 397 g/mol. The Labute approximate surface area is 170 Å². The molecule has 1 aliphatic rings. The Morgan fingerprint density at radius 3 is 2.79 bits per heavy atom. The lowest BCUT2D eigenvalue weighted by Crippen LogP contribution is -2.20. The van der Waals surface area contributed by atoms with E-state index in [1.165, 1.54) is 22.2 Å². The highest BCUT2D eigenvalue weighted by Gasteiger charge is 2.25. The minimum atomic E-state index is 0.708. The first-order valence-corrected chi connectivity index (χ1v) is 10.5. The second kappa shape index (κ2) is 7.59. The number of hydrogen-bond acceptors (Lipinski definition) is 6. The quantitative estimate of drug-likeness (QED) is 0.620. The summed E-state index contributed by atoms with van der Waals surface area (Å²) in [5, 5.41) is 1.24. The summed E-state index contributed by atoms with van der Waals surface area (Å²) in [7, 11) is 5.46.